The Balaban J connectivity index is 1.71. The summed E-state index contributed by atoms with van der Waals surface area (Å²) in [5, 5.41) is 6.12. The molecule has 0 aliphatic rings. The number of rotatable bonds is 6. The van der Waals surface area contributed by atoms with Crippen molar-refractivity contribution in [3.8, 4) is 0 Å². The van der Waals surface area contributed by atoms with E-state index in [9.17, 15) is 9.59 Å². The van der Waals surface area contributed by atoms with E-state index in [0.717, 1.165) is 22.5 Å². The van der Waals surface area contributed by atoms with Crippen LogP contribution in [0.3, 0.4) is 0 Å². The number of amides is 1. The van der Waals surface area contributed by atoms with Crippen LogP contribution >= 0.6 is 0 Å². The summed E-state index contributed by atoms with van der Waals surface area (Å²) in [7, 11) is 0. The fraction of sp³-hybridized carbons (Fsp3) is 0.174. The van der Waals surface area contributed by atoms with Gasteiger partial charge in [0.1, 0.15) is 0 Å². The van der Waals surface area contributed by atoms with Crippen molar-refractivity contribution in [1.29, 1.82) is 0 Å². The monoisotopic (exact) mass is 389 g/mol. The molecule has 0 saturated heterocycles. The molecule has 0 radical (unpaired) electrons. The van der Waals surface area contributed by atoms with Crippen molar-refractivity contribution >= 4 is 28.9 Å². The molecule has 2 aromatic carbocycles. The fourth-order valence-corrected chi connectivity index (χ4v) is 2.78. The average Bonchev–Trinajstić information content (AvgIpc) is 2.72. The summed E-state index contributed by atoms with van der Waals surface area (Å²) in [6.07, 6.45) is 3.16. The molecule has 1 aromatic heterocycles. The van der Waals surface area contributed by atoms with Crippen LogP contribution in [0.2, 0.25) is 0 Å². The summed E-state index contributed by atoms with van der Waals surface area (Å²) in [5.74, 6) is -0.585. The summed E-state index contributed by atoms with van der Waals surface area (Å²) in [5.41, 5.74) is 5.29. The van der Waals surface area contributed by atoms with Crippen LogP contribution in [-0.4, -0.2) is 23.5 Å². The van der Waals surface area contributed by atoms with E-state index in [-0.39, 0.29) is 11.9 Å². The van der Waals surface area contributed by atoms with Gasteiger partial charge >= 0.3 is 5.97 Å². The van der Waals surface area contributed by atoms with Gasteiger partial charge in [-0.25, -0.2) is 4.79 Å². The van der Waals surface area contributed by atoms with Crippen LogP contribution in [-0.2, 0) is 4.74 Å². The molecule has 0 bridgehead atoms. The molecule has 0 spiro atoms. The van der Waals surface area contributed by atoms with Crippen molar-refractivity contribution in [1.82, 2.24) is 4.98 Å². The number of ether oxygens (including phenoxy) is 1. The van der Waals surface area contributed by atoms with Gasteiger partial charge in [0, 0.05) is 17.6 Å². The van der Waals surface area contributed by atoms with Gasteiger partial charge in [-0.15, -0.1) is 0 Å². The Bertz CT molecular complexity index is 1030. The minimum absolute atomic E-state index is 0.229. The van der Waals surface area contributed by atoms with E-state index < -0.39 is 0 Å². The SMILES string of the molecule is CCOC(=O)c1ccc(Nc2cncc(C(=O)Nc3cccc(C)c3C)c2)cc1. The van der Waals surface area contributed by atoms with Gasteiger partial charge in [0.15, 0.2) is 0 Å². The summed E-state index contributed by atoms with van der Waals surface area (Å²) >= 11 is 0. The maximum absolute atomic E-state index is 12.6. The van der Waals surface area contributed by atoms with E-state index in [0.29, 0.717) is 23.4 Å². The number of nitrogens with zero attached hydrogens (tertiary/aromatic N) is 1. The first kappa shape index (κ1) is 20.1. The lowest BCUT2D eigenvalue weighted by Gasteiger charge is -2.11. The third-order valence-electron chi connectivity index (χ3n) is 4.54. The minimum Gasteiger partial charge on any atom is -0.462 e. The number of hydrogen-bond donors (Lipinski definition) is 2. The molecule has 2 N–H and O–H groups in total. The Morgan fingerprint density at radius 1 is 0.966 bits per heavy atom. The summed E-state index contributed by atoms with van der Waals surface area (Å²) in [6.45, 7) is 6.08. The van der Waals surface area contributed by atoms with Gasteiger partial charge in [0.2, 0.25) is 0 Å². The molecule has 6 heteroatoms. The highest BCUT2D eigenvalue weighted by Crippen LogP contribution is 2.21. The topological polar surface area (TPSA) is 80.3 Å². The third-order valence-corrected chi connectivity index (χ3v) is 4.54. The van der Waals surface area contributed by atoms with Crippen molar-refractivity contribution in [2.75, 3.05) is 17.2 Å². The average molecular weight is 389 g/mol. The van der Waals surface area contributed by atoms with Gasteiger partial charge in [0.05, 0.1) is 29.6 Å². The molecular formula is C23H23N3O3. The van der Waals surface area contributed by atoms with E-state index >= 15 is 0 Å². The van der Waals surface area contributed by atoms with E-state index in [1.807, 2.05) is 32.0 Å². The molecule has 3 rings (SSSR count). The minimum atomic E-state index is -0.356. The molecule has 1 amide bonds. The van der Waals surface area contributed by atoms with E-state index in [1.165, 1.54) is 6.20 Å². The molecule has 0 unspecified atom stereocenters. The number of aryl methyl sites for hydroxylation is 1. The molecule has 148 valence electrons. The predicted octanol–water partition coefficient (Wildman–Crippen LogP) is 4.87. The lowest BCUT2D eigenvalue weighted by Crippen LogP contribution is -2.13. The van der Waals surface area contributed by atoms with Crippen molar-refractivity contribution in [3.05, 3.63) is 83.2 Å². The summed E-state index contributed by atoms with van der Waals surface area (Å²) < 4.78 is 4.98. The molecule has 0 atom stereocenters. The summed E-state index contributed by atoms with van der Waals surface area (Å²) in [4.78, 5) is 28.5. The summed E-state index contributed by atoms with van der Waals surface area (Å²) in [6, 6.07) is 14.4. The zero-order valence-electron chi connectivity index (χ0n) is 16.7. The number of carbonyl (C=O) groups is 2. The van der Waals surface area contributed by atoms with Crippen LogP contribution in [0.1, 0.15) is 38.8 Å². The van der Waals surface area contributed by atoms with Gasteiger partial charge < -0.3 is 15.4 Å². The molecule has 1 heterocycles. The number of nitrogens with one attached hydrogen (secondary N) is 2. The molecule has 0 saturated carbocycles. The van der Waals surface area contributed by atoms with Crippen LogP contribution in [0.4, 0.5) is 17.1 Å². The van der Waals surface area contributed by atoms with Crippen LogP contribution in [0.25, 0.3) is 0 Å². The Hall–Kier alpha value is -3.67. The number of carbonyl (C=O) groups excluding carboxylic acids is 2. The first-order chi connectivity index (χ1) is 14.0. The second-order valence-corrected chi connectivity index (χ2v) is 6.59. The number of aromatic nitrogens is 1. The van der Waals surface area contributed by atoms with Gasteiger partial charge in [-0.05, 0) is 68.3 Å². The van der Waals surface area contributed by atoms with Crippen molar-refractivity contribution in [2.24, 2.45) is 0 Å². The first-order valence-electron chi connectivity index (χ1n) is 9.34. The molecule has 0 aliphatic carbocycles. The molecule has 0 fully saturated rings. The molecule has 29 heavy (non-hydrogen) atoms. The standard InChI is InChI=1S/C23H23N3O3/c1-4-29-23(28)17-8-10-19(11-9-17)25-20-12-18(13-24-14-20)22(27)26-21-7-5-6-15(2)16(21)3/h5-14,25H,4H2,1-3H3,(H,26,27). The van der Waals surface area contributed by atoms with Gasteiger partial charge in [-0.1, -0.05) is 12.1 Å². The first-order valence-corrected chi connectivity index (χ1v) is 9.34. The van der Waals surface area contributed by atoms with Gasteiger partial charge in [-0.2, -0.15) is 0 Å². The molecule has 3 aromatic rings. The highest BCUT2D eigenvalue weighted by Gasteiger charge is 2.10. The maximum Gasteiger partial charge on any atom is 0.338 e. The number of hydrogen-bond acceptors (Lipinski definition) is 5. The van der Waals surface area contributed by atoms with Gasteiger partial charge in [-0.3, -0.25) is 9.78 Å². The number of benzene rings is 2. The van der Waals surface area contributed by atoms with Crippen LogP contribution in [0.5, 0.6) is 0 Å². The third kappa shape index (κ3) is 4.99. The van der Waals surface area contributed by atoms with Crippen molar-refractivity contribution in [3.63, 3.8) is 0 Å². The smallest absolute Gasteiger partial charge is 0.338 e. The van der Waals surface area contributed by atoms with E-state index in [4.69, 9.17) is 4.74 Å². The molecule has 6 nitrogen and oxygen atoms in total. The van der Waals surface area contributed by atoms with Crippen molar-refractivity contribution < 1.29 is 14.3 Å². The maximum atomic E-state index is 12.6. The number of anilines is 3. The Kier molecular flexibility index (Phi) is 6.24. The van der Waals surface area contributed by atoms with Crippen LogP contribution < -0.4 is 10.6 Å². The predicted molar refractivity (Wildman–Crippen MR) is 114 cm³/mol. The second kappa shape index (κ2) is 9.01. The number of pyridine rings is 1. The quantitative estimate of drug-likeness (QED) is 0.588. The largest absolute Gasteiger partial charge is 0.462 e. The molecular weight excluding hydrogens is 366 g/mol. The second-order valence-electron chi connectivity index (χ2n) is 6.59. The Morgan fingerprint density at radius 3 is 2.45 bits per heavy atom. The normalized spacial score (nSPS) is 10.3. The zero-order valence-corrected chi connectivity index (χ0v) is 16.7. The van der Waals surface area contributed by atoms with E-state index in [2.05, 4.69) is 15.6 Å². The Morgan fingerprint density at radius 2 is 1.72 bits per heavy atom. The Labute approximate surface area is 169 Å². The lowest BCUT2D eigenvalue weighted by atomic mass is 10.1. The lowest BCUT2D eigenvalue weighted by molar-refractivity contribution is 0.0526. The molecule has 0 aliphatic heterocycles. The van der Waals surface area contributed by atoms with E-state index in [1.54, 1.807) is 43.5 Å². The number of esters is 1. The van der Waals surface area contributed by atoms with Gasteiger partial charge in [0.25, 0.3) is 5.91 Å². The fourth-order valence-electron chi connectivity index (χ4n) is 2.78. The van der Waals surface area contributed by atoms with Crippen molar-refractivity contribution in [2.45, 2.75) is 20.8 Å². The van der Waals surface area contributed by atoms with Crippen LogP contribution in [0, 0.1) is 13.8 Å². The highest BCUT2D eigenvalue weighted by molar-refractivity contribution is 6.05. The van der Waals surface area contributed by atoms with Crippen LogP contribution in [0.15, 0.2) is 60.9 Å². The zero-order chi connectivity index (χ0) is 20.8. The highest BCUT2D eigenvalue weighted by atomic mass is 16.5.